The summed E-state index contributed by atoms with van der Waals surface area (Å²) in [5.41, 5.74) is 0.949. The van der Waals surface area contributed by atoms with Crippen LogP contribution in [0.4, 0.5) is 10.1 Å². The number of alkyl halides is 1. The SMILES string of the molecule is C[C@H](C#N)Nc1cc(-n2ncc3cc(C#N)cnc32)ncc1C(=O)NC1CCC(CCN2CCC(F)(c3ccc([C@@]4(C)CCC(=O)NC4=O)cc3)CC2)CC1. The number of nitrogens with zero attached hydrogens (tertiary/aromatic N) is 7. The van der Waals surface area contributed by atoms with E-state index in [9.17, 15) is 24.9 Å². The number of fused-ring (bicyclic) bond motifs is 1. The van der Waals surface area contributed by atoms with Gasteiger partial charge in [-0.1, -0.05) is 24.3 Å². The summed E-state index contributed by atoms with van der Waals surface area (Å²) in [7, 11) is 0. The van der Waals surface area contributed by atoms with Gasteiger partial charge in [0.15, 0.2) is 11.5 Å². The Morgan fingerprint density at radius 3 is 2.44 bits per heavy atom. The summed E-state index contributed by atoms with van der Waals surface area (Å²) in [6.45, 7) is 5.80. The molecule has 5 heterocycles. The normalized spacial score (nSPS) is 23.3. The van der Waals surface area contributed by atoms with Crippen LogP contribution in [0, 0.1) is 28.6 Å². The van der Waals surface area contributed by atoms with E-state index in [0.29, 0.717) is 83.9 Å². The summed E-state index contributed by atoms with van der Waals surface area (Å²) >= 11 is 0. The Morgan fingerprint density at radius 2 is 1.75 bits per heavy atom. The van der Waals surface area contributed by atoms with Gasteiger partial charge in [-0.3, -0.25) is 19.7 Å². The molecule has 13 nitrogen and oxygen atoms in total. The zero-order valence-corrected chi connectivity index (χ0v) is 31.1. The molecular formula is C41H45FN10O3. The first-order valence-electron chi connectivity index (χ1n) is 19.1. The number of rotatable bonds is 10. The second-order valence-corrected chi connectivity index (χ2v) is 15.5. The summed E-state index contributed by atoms with van der Waals surface area (Å²) in [5.74, 6) is 0.125. The zero-order valence-electron chi connectivity index (χ0n) is 31.1. The number of hydrogen-bond acceptors (Lipinski definition) is 10. The van der Waals surface area contributed by atoms with Crippen LogP contribution in [0.3, 0.4) is 0 Å². The molecule has 55 heavy (non-hydrogen) atoms. The van der Waals surface area contributed by atoms with Crippen LogP contribution < -0.4 is 16.0 Å². The summed E-state index contributed by atoms with van der Waals surface area (Å²) in [5, 5.41) is 32.5. The number of pyridine rings is 2. The average molecular weight is 745 g/mol. The minimum atomic E-state index is -1.41. The topological polar surface area (TPSA) is 182 Å². The maximum Gasteiger partial charge on any atom is 0.255 e. The Kier molecular flexibility index (Phi) is 10.6. The number of piperidine rings is 2. The lowest BCUT2D eigenvalue weighted by Gasteiger charge is -2.38. The highest BCUT2D eigenvalue weighted by Gasteiger charge is 2.41. The number of nitriles is 2. The van der Waals surface area contributed by atoms with Gasteiger partial charge in [0.05, 0.1) is 34.5 Å². The predicted octanol–water partition coefficient (Wildman–Crippen LogP) is 5.34. The van der Waals surface area contributed by atoms with Crippen LogP contribution in [-0.4, -0.2) is 74.1 Å². The Morgan fingerprint density at radius 1 is 1.02 bits per heavy atom. The lowest BCUT2D eigenvalue weighted by atomic mass is 9.74. The van der Waals surface area contributed by atoms with Gasteiger partial charge >= 0.3 is 0 Å². The second-order valence-electron chi connectivity index (χ2n) is 15.5. The molecule has 0 bridgehead atoms. The molecule has 2 aliphatic heterocycles. The minimum absolute atomic E-state index is 0.0179. The molecule has 1 aliphatic carbocycles. The Labute approximate surface area is 319 Å². The number of carbonyl (C=O) groups is 3. The molecule has 3 fully saturated rings. The average Bonchev–Trinajstić information content (AvgIpc) is 3.63. The third-order valence-electron chi connectivity index (χ3n) is 11.8. The largest absolute Gasteiger partial charge is 0.369 e. The molecule has 1 aromatic carbocycles. The fourth-order valence-corrected chi connectivity index (χ4v) is 8.14. The highest BCUT2D eigenvalue weighted by atomic mass is 19.1. The van der Waals surface area contributed by atoms with Crippen molar-refractivity contribution in [3.05, 3.63) is 77.2 Å². The van der Waals surface area contributed by atoms with Gasteiger partial charge in [-0.2, -0.15) is 20.3 Å². The molecule has 3 aliphatic rings. The first-order valence-corrected chi connectivity index (χ1v) is 19.1. The van der Waals surface area contributed by atoms with E-state index in [-0.39, 0.29) is 23.8 Å². The summed E-state index contributed by atoms with van der Waals surface area (Å²) in [4.78, 5) is 49.0. The van der Waals surface area contributed by atoms with Crippen LogP contribution >= 0.6 is 0 Å². The Bertz CT molecular complexity index is 2170. The van der Waals surface area contributed by atoms with Crippen molar-refractivity contribution >= 4 is 34.4 Å². The maximum absolute atomic E-state index is 16.2. The molecule has 0 unspecified atom stereocenters. The van der Waals surface area contributed by atoms with Crippen molar-refractivity contribution in [3.8, 4) is 18.0 Å². The molecule has 3 N–H and O–H groups in total. The molecule has 3 aromatic heterocycles. The number of nitrogens with one attached hydrogen (secondary N) is 3. The lowest BCUT2D eigenvalue weighted by molar-refractivity contribution is -0.137. The van der Waals surface area contributed by atoms with Crippen LogP contribution in [0.2, 0.25) is 0 Å². The number of carbonyl (C=O) groups excluding carboxylic acids is 3. The van der Waals surface area contributed by atoms with Crippen LogP contribution in [0.5, 0.6) is 0 Å². The smallest absolute Gasteiger partial charge is 0.255 e. The van der Waals surface area contributed by atoms with Gasteiger partial charge in [0.2, 0.25) is 11.8 Å². The van der Waals surface area contributed by atoms with Gasteiger partial charge in [-0.15, -0.1) is 0 Å². The van der Waals surface area contributed by atoms with E-state index >= 15 is 4.39 Å². The third-order valence-corrected chi connectivity index (χ3v) is 11.8. The van der Waals surface area contributed by atoms with Crippen molar-refractivity contribution in [1.82, 2.24) is 35.3 Å². The van der Waals surface area contributed by atoms with E-state index in [0.717, 1.165) is 44.2 Å². The number of aromatic nitrogens is 4. The van der Waals surface area contributed by atoms with Crippen molar-refractivity contribution in [3.63, 3.8) is 0 Å². The van der Waals surface area contributed by atoms with Crippen LogP contribution in [0.25, 0.3) is 16.9 Å². The molecular weight excluding hydrogens is 700 g/mol. The van der Waals surface area contributed by atoms with Gasteiger partial charge in [0.1, 0.15) is 17.8 Å². The van der Waals surface area contributed by atoms with E-state index in [2.05, 4.69) is 48.1 Å². The van der Waals surface area contributed by atoms with Crippen molar-refractivity contribution in [2.75, 3.05) is 25.0 Å². The first kappa shape index (κ1) is 37.6. The van der Waals surface area contributed by atoms with E-state index in [1.54, 1.807) is 37.4 Å². The van der Waals surface area contributed by atoms with E-state index < -0.39 is 17.1 Å². The van der Waals surface area contributed by atoms with Gasteiger partial charge in [0.25, 0.3) is 5.91 Å². The fraction of sp³-hybridized carbons (Fsp3) is 0.463. The molecule has 4 aromatic rings. The van der Waals surface area contributed by atoms with Crippen LogP contribution in [-0.2, 0) is 20.7 Å². The molecule has 3 amide bonds. The van der Waals surface area contributed by atoms with Crippen LogP contribution in [0.1, 0.15) is 98.7 Å². The molecule has 14 heteroatoms. The monoisotopic (exact) mass is 744 g/mol. The second kappa shape index (κ2) is 15.6. The molecule has 0 spiro atoms. The molecule has 284 valence electrons. The number of hydrogen-bond donors (Lipinski definition) is 3. The van der Waals surface area contributed by atoms with Crippen molar-refractivity contribution < 1.29 is 18.8 Å². The number of imide groups is 1. The number of benzene rings is 1. The van der Waals surface area contributed by atoms with Gasteiger partial charge in [-0.25, -0.2) is 14.4 Å². The Hall–Kier alpha value is -5.73. The standard InChI is InChI=1S/C41H45FN10O3/c1-26(21-43)48-34-20-35(52-37-29(24-47-52)19-28(22-44)23-46-37)45-25-33(34)38(54)49-32-9-3-27(4-10-32)12-16-51-17-14-41(42,15-18-51)31-7-5-30(6-8-31)40(2)13-11-36(53)50-39(40)55/h5-8,19-20,23-27,32H,3-4,9-18H2,1-2H3,(H,45,48)(H,49,54)(H,50,53,55)/t26-,27?,32?,40-/m1/s1. The minimum Gasteiger partial charge on any atom is -0.369 e. The highest BCUT2D eigenvalue weighted by Crippen LogP contribution is 2.39. The lowest BCUT2D eigenvalue weighted by Crippen LogP contribution is -2.49. The van der Waals surface area contributed by atoms with Crippen molar-refractivity contribution in [1.29, 1.82) is 10.5 Å². The van der Waals surface area contributed by atoms with E-state index in [1.807, 2.05) is 19.1 Å². The molecule has 2 saturated heterocycles. The summed E-state index contributed by atoms with van der Waals surface area (Å²) < 4.78 is 17.7. The molecule has 7 rings (SSSR count). The third kappa shape index (κ3) is 7.91. The summed E-state index contributed by atoms with van der Waals surface area (Å²) in [6, 6.07) is 14.3. The first-order chi connectivity index (χ1) is 26.5. The molecule has 0 radical (unpaired) electrons. The Balaban J connectivity index is 0.894. The van der Waals surface area contributed by atoms with Crippen molar-refractivity contribution in [2.45, 2.75) is 94.8 Å². The number of halogens is 1. The number of likely N-dealkylation sites (tertiary alicyclic amines) is 1. The van der Waals surface area contributed by atoms with E-state index in [1.165, 1.54) is 17.1 Å². The summed E-state index contributed by atoms with van der Waals surface area (Å²) in [6.07, 6.45) is 10.8. The molecule has 1 saturated carbocycles. The van der Waals surface area contributed by atoms with Gasteiger partial charge < -0.3 is 15.5 Å². The molecule has 2 atom stereocenters. The maximum atomic E-state index is 16.2. The zero-order chi connectivity index (χ0) is 38.7. The number of anilines is 1. The fourth-order valence-electron chi connectivity index (χ4n) is 8.14. The van der Waals surface area contributed by atoms with Gasteiger partial charge in [0, 0.05) is 49.4 Å². The quantitative estimate of drug-likeness (QED) is 0.179. The number of amides is 3. The van der Waals surface area contributed by atoms with Gasteiger partial charge in [-0.05, 0) is 94.9 Å². The van der Waals surface area contributed by atoms with Crippen LogP contribution in [0.15, 0.2) is 55.0 Å². The van der Waals surface area contributed by atoms with E-state index in [4.69, 9.17) is 0 Å². The van der Waals surface area contributed by atoms with Crippen molar-refractivity contribution in [2.24, 2.45) is 5.92 Å². The highest BCUT2D eigenvalue weighted by molar-refractivity contribution is 6.03. The predicted molar refractivity (Wildman–Crippen MR) is 203 cm³/mol.